The van der Waals surface area contributed by atoms with E-state index < -0.39 is 0 Å². The lowest BCUT2D eigenvalue weighted by atomic mass is 9.85. The Morgan fingerprint density at radius 3 is 2.63 bits per heavy atom. The minimum Gasteiger partial charge on any atom is -0.505 e. The largest absolute Gasteiger partial charge is 0.505 e. The number of phenols is 1. The molecule has 0 bridgehead atoms. The van der Waals surface area contributed by atoms with Crippen molar-refractivity contribution in [2.45, 2.75) is 33.1 Å². The van der Waals surface area contributed by atoms with Crippen molar-refractivity contribution in [1.29, 1.82) is 0 Å². The number of benzene rings is 1. The molecule has 104 valence electrons. The predicted molar refractivity (Wildman–Crippen MR) is 80.4 cm³/mol. The van der Waals surface area contributed by atoms with E-state index in [1.54, 1.807) is 0 Å². The summed E-state index contributed by atoms with van der Waals surface area (Å²) in [6.07, 6.45) is 0. The fraction of sp³-hybridized carbons (Fsp3) is 0.533. The average Bonchev–Trinajstić information content (AvgIpc) is 2.84. The second-order valence-electron chi connectivity index (χ2n) is 5.86. The summed E-state index contributed by atoms with van der Waals surface area (Å²) < 4.78 is 0. The molecule has 0 atom stereocenters. The molecule has 0 radical (unpaired) electrons. The fourth-order valence-electron chi connectivity index (χ4n) is 2.15. The molecule has 0 aliphatic carbocycles. The first-order valence-corrected chi connectivity index (χ1v) is 6.83. The van der Waals surface area contributed by atoms with Crippen LogP contribution in [0.3, 0.4) is 0 Å². The number of aliphatic imine (C=N–C) groups is 1. The standard InChI is InChI=1S/C15H23N3O/c1-5-16-12-9-10(15(2,3)4)8-11(13(12)19)14-17-6-7-18-14/h8-9,16,19H,5-7H2,1-4H3,(H,17,18). The highest BCUT2D eigenvalue weighted by molar-refractivity contribution is 6.03. The summed E-state index contributed by atoms with van der Waals surface area (Å²) in [6, 6.07) is 4.06. The van der Waals surface area contributed by atoms with Crippen LogP contribution in [0.15, 0.2) is 17.1 Å². The van der Waals surface area contributed by atoms with Gasteiger partial charge >= 0.3 is 0 Å². The zero-order chi connectivity index (χ0) is 14.0. The van der Waals surface area contributed by atoms with Crippen LogP contribution in [-0.4, -0.2) is 30.6 Å². The Morgan fingerprint density at radius 1 is 1.37 bits per heavy atom. The molecular weight excluding hydrogens is 238 g/mol. The smallest absolute Gasteiger partial charge is 0.149 e. The molecule has 1 aromatic carbocycles. The Bertz CT molecular complexity index is 501. The zero-order valence-electron chi connectivity index (χ0n) is 12.2. The van der Waals surface area contributed by atoms with Gasteiger partial charge in [0.2, 0.25) is 0 Å². The minimum atomic E-state index is 0.0335. The molecule has 0 amide bonds. The van der Waals surface area contributed by atoms with Crippen LogP contribution in [0.2, 0.25) is 0 Å². The van der Waals surface area contributed by atoms with Crippen molar-refractivity contribution >= 4 is 11.5 Å². The van der Waals surface area contributed by atoms with Gasteiger partial charge in [0.15, 0.2) is 0 Å². The lowest BCUT2D eigenvalue weighted by Crippen LogP contribution is -2.21. The van der Waals surface area contributed by atoms with Crippen molar-refractivity contribution in [3.63, 3.8) is 0 Å². The maximum atomic E-state index is 10.4. The van der Waals surface area contributed by atoms with Crippen molar-refractivity contribution in [2.75, 3.05) is 25.0 Å². The summed E-state index contributed by atoms with van der Waals surface area (Å²) in [5, 5.41) is 16.8. The average molecular weight is 261 g/mol. The molecule has 0 spiro atoms. The van der Waals surface area contributed by atoms with Crippen molar-refractivity contribution < 1.29 is 5.11 Å². The maximum absolute atomic E-state index is 10.4. The van der Waals surface area contributed by atoms with Crippen molar-refractivity contribution in [3.05, 3.63) is 23.3 Å². The van der Waals surface area contributed by atoms with Gasteiger partial charge in [-0.3, -0.25) is 4.99 Å². The third-order valence-corrected chi connectivity index (χ3v) is 3.27. The molecule has 4 nitrogen and oxygen atoms in total. The van der Waals surface area contributed by atoms with Crippen LogP contribution in [-0.2, 0) is 5.41 Å². The number of hydrogen-bond donors (Lipinski definition) is 3. The summed E-state index contributed by atoms with van der Waals surface area (Å²) in [7, 11) is 0. The topological polar surface area (TPSA) is 56.7 Å². The monoisotopic (exact) mass is 261 g/mol. The van der Waals surface area contributed by atoms with Gasteiger partial charge in [0, 0.05) is 13.1 Å². The van der Waals surface area contributed by atoms with Crippen LogP contribution in [0.5, 0.6) is 5.75 Å². The van der Waals surface area contributed by atoms with Gasteiger partial charge in [-0.1, -0.05) is 20.8 Å². The molecule has 1 aliphatic rings. The summed E-state index contributed by atoms with van der Waals surface area (Å²) in [6.45, 7) is 10.9. The Morgan fingerprint density at radius 2 is 2.11 bits per heavy atom. The first-order valence-electron chi connectivity index (χ1n) is 6.83. The Hall–Kier alpha value is -1.71. The third-order valence-electron chi connectivity index (χ3n) is 3.27. The minimum absolute atomic E-state index is 0.0335. The number of nitrogens with one attached hydrogen (secondary N) is 2. The van der Waals surface area contributed by atoms with E-state index in [9.17, 15) is 5.11 Å². The highest BCUT2D eigenvalue weighted by Crippen LogP contribution is 2.34. The number of aromatic hydroxyl groups is 1. The summed E-state index contributed by atoms with van der Waals surface area (Å²) in [5.74, 6) is 1.07. The molecule has 0 aromatic heterocycles. The van der Waals surface area contributed by atoms with Gasteiger partial charge in [-0.05, 0) is 30.0 Å². The number of anilines is 1. The van der Waals surface area contributed by atoms with Crippen molar-refractivity contribution in [3.8, 4) is 5.75 Å². The van der Waals surface area contributed by atoms with E-state index in [2.05, 4.69) is 36.4 Å². The molecule has 0 unspecified atom stereocenters. The van der Waals surface area contributed by atoms with Gasteiger partial charge in [0.05, 0.1) is 17.8 Å². The van der Waals surface area contributed by atoms with Gasteiger partial charge in [-0.15, -0.1) is 0 Å². The number of amidine groups is 1. The Balaban J connectivity index is 2.54. The highest BCUT2D eigenvalue weighted by atomic mass is 16.3. The molecule has 0 saturated carbocycles. The van der Waals surface area contributed by atoms with E-state index in [1.165, 1.54) is 5.56 Å². The van der Waals surface area contributed by atoms with Crippen molar-refractivity contribution in [2.24, 2.45) is 4.99 Å². The summed E-state index contributed by atoms with van der Waals surface area (Å²) >= 11 is 0. The quantitative estimate of drug-likeness (QED) is 0.733. The van der Waals surface area contributed by atoms with E-state index in [1.807, 2.05) is 19.1 Å². The lowest BCUT2D eigenvalue weighted by molar-refractivity contribution is 0.474. The fourth-order valence-corrected chi connectivity index (χ4v) is 2.15. The van der Waals surface area contributed by atoms with Crippen LogP contribution in [0.25, 0.3) is 0 Å². The first-order chi connectivity index (χ1) is 8.93. The van der Waals surface area contributed by atoms with Crippen LogP contribution in [0, 0.1) is 0 Å². The molecule has 0 saturated heterocycles. The first kappa shape index (κ1) is 13.7. The molecule has 3 N–H and O–H groups in total. The van der Waals surface area contributed by atoms with E-state index in [4.69, 9.17) is 0 Å². The number of rotatable bonds is 3. The molecule has 1 aliphatic heterocycles. The van der Waals surface area contributed by atoms with Gasteiger partial charge in [-0.2, -0.15) is 0 Å². The summed E-state index contributed by atoms with van der Waals surface area (Å²) in [5.41, 5.74) is 2.79. The van der Waals surface area contributed by atoms with E-state index >= 15 is 0 Å². The van der Waals surface area contributed by atoms with Gasteiger partial charge in [0.1, 0.15) is 11.6 Å². The molecule has 1 heterocycles. The lowest BCUT2D eigenvalue weighted by Gasteiger charge is -2.22. The third kappa shape index (κ3) is 2.83. The SMILES string of the molecule is CCNc1cc(C(C)(C)C)cc(C2=NCCN2)c1O. The predicted octanol–water partition coefficient (Wildman–Crippen LogP) is 2.47. The second kappa shape index (κ2) is 5.11. The molecular formula is C15H23N3O. The van der Waals surface area contributed by atoms with Crippen molar-refractivity contribution in [1.82, 2.24) is 5.32 Å². The molecule has 4 heteroatoms. The zero-order valence-corrected chi connectivity index (χ0v) is 12.2. The van der Waals surface area contributed by atoms with Gasteiger partial charge < -0.3 is 15.7 Å². The molecule has 1 aromatic rings. The van der Waals surface area contributed by atoms with Gasteiger partial charge in [-0.25, -0.2) is 0 Å². The Kier molecular flexibility index (Phi) is 3.69. The molecule has 19 heavy (non-hydrogen) atoms. The Labute approximate surface area is 114 Å². The second-order valence-corrected chi connectivity index (χ2v) is 5.86. The maximum Gasteiger partial charge on any atom is 0.149 e. The number of hydrogen-bond acceptors (Lipinski definition) is 4. The molecule has 0 fully saturated rings. The molecule has 2 rings (SSSR count). The van der Waals surface area contributed by atoms with Crippen LogP contribution < -0.4 is 10.6 Å². The van der Waals surface area contributed by atoms with E-state index in [-0.39, 0.29) is 11.2 Å². The van der Waals surface area contributed by atoms with E-state index in [0.717, 1.165) is 36.7 Å². The number of nitrogens with zero attached hydrogens (tertiary/aromatic N) is 1. The van der Waals surface area contributed by atoms with Gasteiger partial charge in [0.25, 0.3) is 0 Å². The van der Waals surface area contributed by atoms with Crippen LogP contribution >= 0.6 is 0 Å². The normalized spacial score (nSPS) is 15.1. The summed E-state index contributed by atoms with van der Waals surface area (Å²) in [4.78, 5) is 4.41. The highest BCUT2D eigenvalue weighted by Gasteiger charge is 2.21. The van der Waals surface area contributed by atoms with E-state index in [0.29, 0.717) is 0 Å². The van der Waals surface area contributed by atoms with Crippen LogP contribution in [0.1, 0.15) is 38.8 Å². The number of phenolic OH excluding ortho intramolecular Hbond substituents is 1. The van der Waals surface area contributed by atoms with Crippen LogP contribution in [0.4, 0.5) is 5.69 Å².